The van der Waals surface area contributed by atoms with E-state index in [-0.39, 0.29) is 11.9 Å². The molecule has 98 valence electrons. The van der Waals surface area contributed by atoms with Crippen LogP contribution in [-0.4, -0.2) is 28.5 Å². The number of anilines is 1. The number of aryl methyl sites for hydroxylation is 1. The number of rotatable bonds is 6. The molecule has 0 saturated carbocycles. The Hall–Kier alpha value is -1.91. The van der Waals surface area contributed by atoms with E-state index < -0.39 is 0 Å². The summed E-state index contributed by atoms with van der Waals surface area (Å²) in [6, 6.07) is 1.94. The normalized spacial score (nSPS) is 11.7. The summed E-state index contributed by atoms with van der Waals surface area (Å²) in [5.41, 5.74) is 1.13. The Morgan fingerprint density at radius 1 is 1.56 bits per heavy atom. The highest BCUT2D eigenvalue weighted by molar-refractivity contribution is 5.92. The molecule has 5 heteroatoms. The fourth-order valence-corrected chi connectivity index (χ4v) is 1.33. The van der Waals surface area contributed by atoms with E-state index in [1.807, 2.05) is 13.8 Å². The second-order valence-electron chi connectivity index (χ2n) is 4.17. The van der Waals surface area contributed by atoms with Crippen LogP contribution in [0.2, 0.25) is 0 Å². The lowest BCUT2D eigenvalue weighted by atomic mass is 10.2. The molecule has 2 N–H and O–H groups in total. The van der Waals surface area contributed by atoms with Crippen LogP contribution in [0.15, 0.2) is 18.7 Å². The van der Waals surface area contributed by atoms with Crippen molar-refractivity contribution in [3.63, 3.8) is 0 Å². The molecule has 1 unspecified atom stereocenters. The van der Waals surface area contributed by atoms with Crippen LogP contribution in [0.5, 0.6) is 0 Å². The van der Waals surface area contributed by atoms with E-state index in [0.29, 0.717) is 18.2 Å². The molecule has 1 rings (SSSR count). The molecule has 5 nitrogen and oxygen atoms in total. The predicted octanol–water partition coefficient (Wildman–Crippen LogP) is 1.91. The second-order valence-corrected chi connectivity index (χ2v) is 4.17. The van der Waals surface area contributed by atoms with E-state index in [1.165, 1.54) is 0 Å². The zero-order valence-corrected chi connectivity index (χ0v) is 11.2. The molecule has 1 atom stereocenters. The first-order valence-electron chi connectivity index (χ1n) is 6.08. The third-order valence-electron chi connectivity index (χ3n) is 2.48. The Balaban J connectivity index is 2.86. The zero-order valence-electron chi connectivity index (χ0n) is 11.2. The molecule has 0 fully saturated rings. The number of nitrogens with zero attached hydrogens (tertiary/aromatic N) is 2. The van der Waals surface area contributed by atoms with Gasteiger partial charge in [-0.25, -0.2) is 9.97 Å². The molecule has 1 aromatic heterocycles. The van der Waals surface area contributed by atoms with Gasteiger partial charge in [0.05, 0.1) is 0 Å². The van der Waals surface area contributed by atoms with Crippen molar-refractivity contribution in [3.05, 3.63) is 30.1 Å². The third kappa shape index (κ3) is 4.16. The number of nitrogens with one attached hydrogen (secondary N) is 2. The molecule has 0 aliphatic rings. The van der Waals surface area contributed by atoms with Gasteiger partial charge in [-0.05, 0) is 26.3 Å². The van der Waals surface area contributed by atoms with E-state index in [1.54, 1.807) is 12.1 Å². The van der Waals surface area contributed by atoms with Crippen LogP contribution in [0.4, 0.5) is 5.95 Å². The summed E-state index contributed by atoms with van der Waals surface area (Å²) >= 11 is 0. The van der Waals surface area contributed by atoms with E-state index in [9.17, 15) is 4.79 Å². The van der Waals surface area contributed by atoms with Gasteiger partial charge in [0.15, 0.2) is 0 Å². The van der Waals surface area contributed by atoms with Gasteiger partial charge in [0.1, 0.15) is 5.69 Å². The molecule has 0 spiro atoms. The topological polar surface area (TPSA) is 66.9 Å². The minimum absolute atomic E-state index is 0.215. The number of amides is 1. The summed E-state index contributed by atoms with van der Waals surface area (Å²) in [5, 5.41) is 5.86. The van der Waals surface area contributed by atoms with E-state index >= 15 is 0 Å². The Labute approximate surface area is 108 Å². The highest BCUT2D eigenvalue weighted by Crippen LogP contribution is 2.07. The van der Waals surface area contributed by atoms with Gasteiger partial charge in [0, 0.05) is 18.3 Å². The molecule has 0 radical (unpaired) electrons. The van der Waals surface area contributed by atoms with Gasteiger partial charge >= 0.3 is 0 Å². The summed E-state index contributed by atoms with van der Waals surface area (Å²) in [4.78, 5) is 20.3. The first kappa shape index (κ1) is 14.2. The molecule has 1 heterocycles. The Morgan fingerprint density at radius 2 is 2.28 bits per heavy atom. The molecule has 0 aromatic carbocycles. The third-order valence-corrected chi connectivity index (χ3v) is 2.48. The monoisotopic (exact) mass is 248 g/mol. The maximum atomic E-state index is 11.8. The van der Waals surface area contributed by atoms with Crippen LogP contribution in [-0.2, 0) is 0 Å². The van der Waals surface area contributed by atoms with Crippen LogP contribution in [0.1, 0.15) is 36.5 Å². The quantitative estimate of drug-likeness (QED) is 0.755. The fourth-order valence-electron chi connectivity index (χ4n) is 1.33. The lowest BCUT2D eigenvalue weighted by molar-refractivity contribution is 0.0953. The summed E-state index contributed by atoms with van der Waals surface area (Å²) in [5.74, 6) is 0.278. The van der Waals surface area contributed by atoms with Gasteiger partial charge in [-0.1, -0.05) is 13.0 Å². The van der Waals surface area contributed by atoms with Crippen LogP contribution in [0.3, 0.4) is 0 Å². The van der Waals surface area contributed by atoms with Crippen molar-refractivity contribution in [1.29, 1.82) is 0 Å². The molecular formula is C13H20N4O. The SMILES string of the molecule is C=CCNC(=O)c1cc(C)nc(NC(C)CC)n1. The number of hydrogen-bond acceptors (Lipinski definition) is 4. The summed E-state index contributed by atoms with van der Waals surface area (Å²) in [6.07, 6.45) is 2.60. The molecule has 18 heavy (non-hydrogen) atoms. The van der Waals surface area contributed by atoms with Gasteiger partial charge in [-0.15, -0.1) is 6.58 Å². The molecule has 0 bridgehead atoms. The van der Waals surface area contributed by atoms with Gasteiger partial charge in [0.25, 0.3) is 5.91 Å². The Morgan fingerprint density at radius 3 is 2.89 bits per heavy atom. The number of carbonyl (C=O) groups excluding carboxylic acids is 1. The van der Waals surface area contributed by atoms with Crippen molar-refractivity contribution in [2.75, 3.05) is 11.9 Å². The zero-order chi connectivity index (χ0) is 13.5. The van der Waals surface area contributed by atoms with Crippen molar-refractivity contribution in [3.8, 4) is 0 Å². The van der Waals surface area contributed by atoms with E-state index in [4.69, 9.17) is 0 Å². The molecule has 0 aliphatic carbocycles. The smallest absolute Gasteiger partial charge is 0.270 e. The van der Waals surface area contributed by atoms with Crippen molar-refractivity contribution in [2.45, 2.75) is 33.2 Å². The van der Waals surface area contributed by atoms with Crippen molar-refractivity contribution >= 4 is 11.9 Å². The molecule has 0 saturated heterocycles. The summed E-state index contributed by atoms with van der Waals surface area (Å²) in [6.45, 7) is 9.94. The standard InChI is InChI=1S/C13H20N4O/c1-5-7-14-12(18)11-8-10(4)16-13(17-11)15-9(3)6-2/h5,8-9H,1,6-7H2,2-4H3,(H,14,18)(H,15,16,17). The fraction of sp³-hybridized carbons (Fsp3) is 0.462. The molecular weight excluding hydrogens is 228 g/mol. The minimum atomic E-state index is -0.215. The van der Waals surface area contributed by atoms with Crippen molar-refractivity contribution < 1.29 is 4.79 Å². The lowest BCUT2D eigenvalue weighted by Gasteiger charge is -2.12. The highest BCUT2D eigenvalue weighted by atomic mass is 16.1. The number of aromatic nitrogens is 2. The largest absolute Gasteiger partial charge is 0.352 e. The van der Waals surface area contributed by atoms with Gasteiger partial charge in [0.2, 0.25) is 5.95 Å². The average Bonchev–Trinajstić information content (AvgIpc) is 2.34. The minimum Gasteiger partial charge on any atom is -0.352 e. The van der Waals surface area contributed by atoms with Crippen LogP contribution >= 0.6 is 0 Å². The summed E-state index contributed by atoms with van der Waals surface area (Å²) < 4.78 is 0. The Bertz CT molecular complexity index is 431. The van der Waals surface area contributed by atoms with Crippen molar-refractivity contribution in [2.24, 2.45) is 0 Å². The maximum Gasteiger partial charge on any atom is 0.270 e. The second kappa shape index (κ2) is 6.74. The maximum absolute atomic E-state index is 11.8. The average molecular weight is 248 g/mol. The Kier molecular flexibility index (Phi) is 5.30. The van der Waals surface area contributed by atoms with Crippen LogP contribution < -0.4 is 10.6 Å². The number of carbonyl (C=O) groups is 1. The first-order chi connectivity index (χ1) is 8.56. The van der Waals surface area contributed by atoms with E-state index in [0.717, 1.165) is 12.1 Å². The summed E-state index contributed by atoms with van der Waals surface area (Å²) in [7, 11) is 0. The predicted molar refractivity (Wildman–Crippen MR) is 72.7 cm³/mol. The van der Waals surface area contributed by atoms with Gasteiger partial charge in [-0.2, -0.15) is 0 Å². The van der Waals surface area contributed by atoms with Gasteiger partial charge < -0.3 is 10.6 Å². The lowest BCUT2D eigenvalue weighted by Crippen LogP contribution is -2.25. The van der Waals surface area contributed by atoms with Crippen LogP contribution in [0, 0.1) is 6.92 Å². The molecule has 1 amide bonds. The first-order valence-corrected chi connectivity index (χ1v) is 6.08. The van der Waals surface area contributed by atoms with Gasteiger partial charge in [-0.3, -0.25) is 4.79 Å². The van der Waals surface area contributed by atoms with E-state index in [2.05, 4.69) is 34.1 Å². The number of hydrogen-bond donors (Lipinski definition) is 2. The van der Waals surface area contributed by atoms with Crippen LogP contribution in [0.25, 0.3) is 0 Å². The highest BCUT2D eigenvalue weighted by Gasteiger charge is 2.10. The molecule has 0 aliphatic heterocycles. The van der Waals surface area contributed by atoms with Crippen molar-refractivity contribution in [1.82, 2.24) is 15.3 Å². The molecule has 1 aromatic rings.